The van der Waals surface area contributed by atoms with Crippen LogP contribution in [-0.4, -0.2) is 17.3 Å². The molecule has 88 valence electrons. The number of nitrogens with one attached hydrogen (secondary N) is 1. The van der Waals surface area contributed by atoms with Crippen LogP contribution in [0.15, 0.2) is 28.7 Å². The van der Waals surface area contributed by atoms with Gasteiger partial charge in [-0.1, -0.05) is 28.1 Å². The summed E-state index contributed by atoms with van der Waals surface area (Å²) in [5.41, 5.74) is 1.50. The maximum Gasteiger partial charge on any atom is 0.0448 e. The van der Waals surface area contributed by atoms with Crippen molar-refractivity contribution >= 4 is 15.9 Å². The Morgan fingerprint density at radius 1 is 1.38 bits per heavy atom. The summed E-state index contributed by atoms with van der Waals surface area (Å²) >= 11 is 3.48. The fourth-order valence-corrected chi connectivity index (χ4v) is 2.72. The highest BCUT2D eigenvalue weighted by atomic mass is 79.9. The van der Waals surface area contributed by atoms with Gasteiger partial charge in [0, 0.05) is 23.2 Å². The van der Waals surface area contributed by atoms with Crippen molar-refractivity contribution in [3.05, 3.63) is 34.3 Å². The lowest BCUT2D eigenvalue weighted by atomic mass is 9.74. The Balaban J connectivity index is 1.91. The van der Waals surface area contributed by atoms with Crippen molar-refractivity contribution in [2.75, 3.05) is 6.61 Å². The van der Waals surface area contributed by atoms with Crippen molar-refractivity contribution in [2.45, 2.75) is 37.8 Å². The number of rotatable bonds is 5. The van der Waals surface area contributed by atoms with Crippen LogP contribution < -0.4 is 5.32 Å². The summed E-state index contributed by atoms with van der Waals surface area (Å²) in [6.07, 6.45) is 4.55. The first kappa shape index (κ1) is 12.1. The minimum atomic E-state index is 0.205. The van der Waals surface area contributed by atoms with Gasteiger partial charge >= 0.3 is 0 Å². The molecule has 0 heterocycles. The van der Waals surface area contributed by atoms with E-state index in [9.17, 15) is 0 Å². The van der Waals surface area contributed by atoms with Gasteiger partial charge in [0.15, 0.2) is 0 Å². The first-order chi connectivity index (χ1) is 7.74. The smallest absolute Gasteiger partial charge is 0.0448 e. The number of hydrogen-bond acceptors (Lipinski definition) is 2. The van der Waals surface area contributed by atoms with Gasteiger partial charge in [0.2, 0.25) is 0 Å². The quantitative estimate of drug-likeness (QED) is 0.871. The van der Waals surface area contributed by atoms with Crippen molar-refractivity contribution in [1.29, 1.82) is 0 Å². The Labute approximate surface area is 105 Å². The van der Waals surface area contributed by atoms with E-state index in [-0.39, 0.29) is 12.1 Å². The lowest BCUT2D eigenvalue weighted by molar-refractivity contribution is 0.130. The summed E-state index contributed by atoms with van der Waals surface area (Å²) in [5, 5.41) is 12.7. The van der Waals surface area contributed by atoms with E-state index in [1.165, 1.54) is 24.8 Å². The number of aliphatic hydroxyl groups is 1. The Morgan fingerprint density at radius 2 is 2.19 bits per heavy atom. The maximum absolute atomic E-state index is 9.06. The van der Waals surface area contributed by atoms with Crippen LogP contribution in [0, 0.1) is 0 Å². The van der Waals surface area contributed by atoms with Crippen LogP contribution in [0.2, 0.25) is 0 Å². The second-order valence-corrected chi connectivity index (χ2v) is 5.51. The molecule has 0 bridgehead atoms. The van der Waals surface area contributed by atoms with Gasteiger partial charge in [0.05, 0.1) is 0 Å². The number of halogens is 1. The van der Waals surface area contributed by atoms with E-state index in [0.717, 1.165) is 17.4 Å². The molecule has 0 radical (unpaired) electrons. The lowest BCUT2D eigenvalue weighted by Crippen LogP contribution is -2.51. The largest absolute Gasteiger partial charge is 0.396 e. The van der Waals surface area contributed by atoms with Crippen LogP contribution in [0.4, 0.5) is 0 Å². The zero-order chi connectivity index (χ0) is 11.4. The molecule has 2 N–H and O–H groups in total. The van der Waals surface area contributed by atoms with Crippen molar-refractivity contribution in [3.63, 3.8) is 0 Å². The molecule has 3 heteroatoms. The summed E-state index contributed by atoms with van der Waals surface area (Å²) in [4.78, 5) is 0. The van der Waals surface area contributed by atoms with Gasteiger partial charge in [-0.15, -0.1) is 0 Å². The fraction of sp³-hybridized carbons (Fsp3) is 0.538. The summed E-state index contributed by atoms with van der Waals surface area (Å²) < 4.78 is 1.12. The molecule has 1 aromatic carbocycles. The second-order valence-electron chi connectivity index (χ2n) is 4.59. The van der Waals surface area contributed by atoms with Gasteiger partial charge in [0.1, 0.15) is 0 Å². The summed E-state index contributed by atoms with van der Waals surface area (Å²) in [6.45, 7) is 1.17. The Hall–Kier alpha value is -0.380. The van der Waals surface area contributed by atoms with Crippen LogP contribution in [0.3, 0.4) is 0 Å². The van der Waals surface area contributed by atoms with E-state index < -0.39 is 0 Å². The van der Waals surface area contributed by atoms with Crippen LogP contribution in [0.25, 0.3) is 0 Å². The van der Waals surface area contributed by atoms with Crippen LogP contribution >= 0.6 is 15.9 Å². The molecule has 2 nitrogen and oxygen atoms in total. The average Bonchev–Trinajstić information content (AvgIpc) is 2.22. The molecule has 0 aromatic heterocycles. The molecule has 16 heavy (non-hydrogen) atoms. The van der Waals surface area contributed by atoms with E-state index in [0.29, 0.717) is 0 Å². The molecular weight excluding hydrogens is 266 g/mol. The Morgan fingerprint density at radius 3 is 2.75 bits per heavy atom. The fourth-order valence-electron chi connectivity index (χ4n) is 2.27. The van der Waals surface area contributed by atoms with Crippen LogP contribution in [0.5, 0.6) is 0 Å². The third kappa shape index (κ3) is 2.84. The molecule has 0 amide bonds. The maximum atomic E-state index is 9.06. The zero-order valence-corrected chi connectivity index (χ0v) is 11.0. The van der Waals surface area contributed by atoms with Gasteiger partial charge < -0.3 is 10.4 Å². The van der Waals surface area contributed by atoms with Crippen molar-refractivity contribution in [2.24, 2.45) is 0 Å². The summed E-state index contributed by atoms with van der Waals surface area (Å²) in [6, 6.07) is 8.36. The molecule has 1 fully saturated rings. The average molecular weight is 284 g/mol. The van der Waals surface area contributed by atoms with Gasteiger partial charge in [0.25, 0.3) is 0 Å². The van der Waals surface area contributed by atoms with Crippen LogP contribution in [0.1, 0.15) is 31.2 Å². The first-order valence-electron chi connectivity index (χ1n) is 5.84. The van der Waals surface area contributed by atoms with Crippen molar-refractivity contribution in [3.8, 4) is 0 Å². The number of benzene rings is 1. The Kier molecular flexibility index (Phi) is 4.00. The van der Waals surface area contributed by atoms with E-state index >= 15 is 0 Å². The minimum Gasteiger partial charge on any atom is -0.396 e. The third-order valence-electron chi connectivity index (χ3n) is 3.46. The second kappa shape index (κ2) is 5.30. The van der Waals surface area contributed by atoms with Crippen molar-refractivity contribution in [1.82, 2.24) is 5.32 Å². The highest BCUT2D eigenvalue weighted by Gasteiger charge is 2.35. The topological polar surface area (TPSA) is 32.3 Å². The third-order valence-corrected chi connectivity index (χ3v) is 3.95. The minimum absolute atomic E-state index is 0.205. The SMILES string of the molecule is OCCC1(NCc2cccc(Br)c2)CCC1. The monoisotopic (exact) mass is 283 g/mol. The molecule has 1 aromatic rings. The first-order valence-corrected chi connectivity index (χ1v) is 6.64. The van der Waals surface area contributed by atoms with E-state index in [1.54, 1.807) is 0 Å². The number of hydrogen-bond donors (Lipinski definition) is 2. The standard InChI is InChI=1S/C13H18BrNO/c14-12-4-1-3-11(9-12)10-15-13(7-8-16)5-2-6-13/h1,3-4,9,15-16H,2,5-8,10H2. The van der Waals surface area contributed by atoms with E-state index in [1.807, 2.05) is 6.07 Å². The molecule has 0 aliphatic heterocycles. The molecule has 0 unspecified atom stereocenters. The van der Waals surface area contributed by atoms with E-state index in [2.05, 4.69) is 39.4 Å². The molecule has 0 spiro atoms. The molecule has 1 saturated carbocycles. The van der Waals surface area contributed by atoms with Gasteiger partial charge in [-0.2, -0.15) is 0 Å². The predicted molar refractivity (Wildman–Crippen MR) is 69.3 cm³/mol. The highest BCUT2D eigenvalue weighted by molar-refractivity contribution is 9.10. The number of aliphatic hydroxyl groups excluding tert-OH is 1. The van der Waals surface area contributed by atoms with Crippen LogP contribution in [-0.2, 0) is 6.54 Å². The highest BCUT2D eigenvalue weighted by Crippen LogP contribution is 2.34. The molecule has 1 aliphatic rings. The van der Waals surface area contributed by atoms with E-state index in [4.69, 9.17) is 5.11 Å². The molecular formula is C13H18BrNO. The molecule has 0 atom stereocenters. The van der Waals surface area contributed by atoms with Gasteiger partial charge in [-0.25, -0.2) is 0 Å². The lowest BCUT2D eigenvalue weighted by Gasteiger charge is -2.42. The molecule has 0 saturated heterocycles. The zero-order valence-electron chi connectivity index (χ0n) is 9.38. The summed E-state index contributed by atoms with van der Waals surface area (Å²) in [5.74, 6) is 0. The molecule has 2 rings (SSSR count). The molecule has 1 aliphatic carbocycles. The van der Waals surface area contributed by atoms with Gasteiger partial charge in [-0.3, -0.25) is 0 Å². The van der Waals surface area contributed by atoms with Crippen molar-refractivity contribution < 1.29 is 5.11 Å². The van der Waals surface area contributed by atoms with Gasteiger partial charge in [-0.05, 0) is 43.4 Å². The summed E-state index contributed by atoms with van der Waals surface area (Å²) in [7, 11) is 0. The predicted octanol–water partition coefficient (Wildman–Crippen LogP) is 2.84. The normalized spacial score (nSPS) is 18.1. The Bertz CT molecular complexity index is 350.